The van der Waals surface area contributed by atoms with Gasteiger partial charge in [-0.1, -0.05) is 24.3 Å². The number of benzene rings is 2. The number of ether oxygens (including phenoxy) is 1. The summed E-state index contributed by atoms with van der Waals surface area (Å²) >= 11 is 0. The Hall–Kier alpha value is -2.82. The zero-order chi connectivity index (χ0) is 17.3. The third-order valence-corrected chi connectivity index (χ3v) is 4.09. The molecule has 1 unspecified atom stereocenters. The number of nitrogens with zero attached hydrogens (tertiary/aromatic N) is 1. The second kappa shape index (κ2) is 6.35. The zero-order valence-electron chi connectivity index (χ0n) is 13.7. The standard InChI is InChI=1S/C19H19NO4/c1-12-5-3-4-6-14(12)9-18-19(23)20(11-13(2)21)16-10-15(22)7-8-17(16)24-18/h3-8,10,18,22H,9,11H2,1-2H3. The summed E-state index contributed by atoms with van der Waals surface area (Å²) in [7, 11) is 0. The summed E-state index contributed by atoms with van der Waals surface area (Å²) in [5.74, 6) is 0.115. The maximum Gasteiger partial charge on any atom is 0.268 e. The summed E-state index contributed by atoms with van der Waals surface area (Å²) in [6.07, 6.45) is -0.261. The largest absolute Gasteiger partial charge is 0.508 e. The van der Waals surface area contributed by atoms with Crippen LogP contribution < -0.4 is 9.64 Å². The lowest BCUT2D eigenvalue weighted by molar-refractivity contribution is -0.128. The molecule has 2 aromatic carbocycles. The van der Waals surface area contributed by atoms with Gasteiger partial charge in [0.15, 0.2) is 6.10 Å². The highest BCUT2D eigenvalue weighted by Crippen LogP contribution is 2.37. The number of ketones is 1. The molecule has 5 nitrogen and oxygen atoms in total. The van der Waals surface area contributed by atoms with E-state index < -0.39 is 6.10 Å². The molecule has 1 N–H and O–H groups in total. The number of phenolic OH excluding ortho intramolecular Hbond substituents is 1. The predicted molar refractivity (Wildman–Crippen MR) is 90.4 cm³/mol. The Kier molecular flexibility index (Phi) is 4.25. The van der Waals surface area contributed by atoms with E-state index in [-0.39, 0.29) is 24.0 Å². The van der Waals surface area contributed by atoms with E-state index in [4.69, 9.17) is 4.74 Å². The van der Waals surface area contributed by atoms with Crippen molar-refractivity contribution in [3.8, 4) is 11.5 Å². The fourth-order valence-electron chi connectivity index (χ4n) is 2.87. The topological polar surface area (TPSA) is 66.8 Å². The first-order valence-corrected chi connectivity index (χ1v) is 7.80. The van der Waals surface area contributed by atoms with E-state index in [1.807, 2.05) is 31.2 Å². The Morgan fingerprint density at radius 1 is 1.25 bits per heavy atom. The quantitative estimate of drug-likeness (QED) is 0.938. The number of carbonyl (C=O) groups is 2. The first-order chi connectivity index (χ1) is 11.5. The molecule has 0 fully saturated rings. The molecule has 1 heterocycles. The molecule has 24 heavy (non-hydrogen) atoms. The van der Waals surface area contributed by atoms with Crippen LogP contribution in [0.15, 0.2) is 42.5 Å². The number of aromatic hydroxyl groups is 1. The van der Waals surface area contributed by atoms with Crippen molar-refractivity contribution in [3.05, 3.63) is 53.6 Å². The summed E-state index contributed by atoms with van der Waals surface area (Å²) in [5, 5.41) is 9.69. The highest BCUT2D eigenvalue weighted by Gasteiger charge is 2.35. The Morgan fingerprint density at radius 2 is 2.00 bits per heavy atom. The highest BCUT2D eigenvalue weighted by molar-refractivity contribution is 6.04. The molecule has 5 heteroatoms. The number of rotatable bonds is 4. The third kappa shape index (κ3) is 3.11. The summed E-state index contributed by atoms with van der Waals surface area (Å²) < 4.78 is 5.86. The van der Waals surface area contributed by atoms with Crippen LogP contribution in [0.5, 0.6) is 11.5 Å². The van der Waals surface area contributed by atoms with Crippen molar-refractivity contribution in [2.75, 3.05) is 11.4 Å². The number of Topliss-reactive ketones (excluding diaryl/α,β-unsaturated/α-hetero) is 1. The predicted octanol–water partition coefficient (Wildman–Crippen LogP) is 2.63. The number of hydrogen-bond donors (Lipinski definition) is 1. The maximum atomic E-state index is 12.8. The van der Waals surface area contributed by atoms with E-state index >= 15 is 0 Å². The van der Waals surface area contributed by atoms with Gasteiger partial charge in [0, 0.05) is 12.5 Å². The fraction of sp³-hybridized carbons (Fsp3) is 0.263. The second-order valence-electron chi connectivity index (χ2n) is 6.02. The maximum absolute atomic E-state index is 12.8. The molecule has 1 atom stereocenters. The normalized spacial score (nSPS) is 16.5. The molecule has 0 saturated carbocycles. The third-order valence-electron chi connectivity index (χ3n) is 4.09. The van der Waals surface area contributed by atoms with Gasteiger partial charge >= 0.3 is 0 Å². The molecular formula is C19H19NO4. The van der Waals surface area contributed by atoms with Crippen LogP contribution in [0.25, 0.3) is 0 Å². The van der Waals surface area contributed by atoms with Crippen LogP contribution in [0.3, 0.4) is 0 Å². The van der Waals surface area contributed by atoms with Crippen LogP contribution >= 0.6 is 0 Å². The average molecular weight is 325 g/mol. The number of hydrogen-bond acceptors (Lipinski definition) is 4. The van der Waals surface area contributed by atoms with Crippen molar-refractivity contribution in [3.63, 3.8) is 0 Å². The van der Waals surface area contributed by atoms with Crippen molar-refractivity contribution in [2.45, 2.75) is 26.4 Å². The van der Waals surface area contributed by atoms with Crippen molar-refractivity contribution in [1.82, 2.24) is 0 Å². The van der Waals surface area contributed by atoms with Gasteiger partial charge in [-0.3, -0.25) is 14.5 Å². The van der Waals surface area contributed by atoms with Gasteiger partial charge < -0.3 is 9.84 Å². The van der Waals surface area contributed by atoms with Gasteiger partial charge in [0.1, 0.15) is 17.3 Å². The summed E-state index contributed by atoms with van der Waals surface area (Å²) in [4.78, 5) is 25.8. The second-order valence-corrected chi connectivity index (χ2v) is 6.02. The minimum absolute atomic E-state index is 0.0241. The van der Waals surface area contributed by atoms with Crippen molar-refractivity contribution in [2.24, 2.45) is 0 Å². The molecule has 2 aromatic rings. The van der Waals surface area contributed by atoms with Gasteiger partial charge in [0.2, 0.25) is 0 Å². The van der Waals surface area contributed by atoms with Crippen LogP contribution in [-0.2, 0) is 16.0 Å². The van der Waals surface area contributed by atoms with E-state index in [0.717, 1.165) is 11.1 Å². The molecule has 0 radical (unpaired) electrons. The van der Waals surface area contributed by atoms with Crippen molar-refractivity contribution >= 4 is 17.4 Å². The molecule has 1 amide bonds. The Labute approximate surface area is 140 Å². The molecular weight excluding hydrogens is 306 g/mol. The fourth-order valence-corrected chi connectivity index (χ4v) is 2.87. The molecule has 0 aliphatic carbocycles. The van der Waals surface area contributed by atoms with Crippen LogP contribution in [0.1, 0.15) is 18.1 Å². The van der Waals surface area contributed by atoms with Crippen molar-refractivity contribution in [1.29, 1.82) is 0 Å². The van der Waals surface area contributed by atoms with E-state index in [9.17, 15) is 14.7 Å². The Bertz CT molecular complexity index is 800. The number of amides is 1. The number of aryl methyl sites for hydroxylation is 1. The molecule has 0 spiro atoms. The first kappa shape index (κ1) is 16.1. The van der Waals surface area contributed by atoms with E-state index in [0.29, 0.717) is 17.9 Å². The molecule has 0 saturated heterocycles. The average Bonchev–Trinajstić information content (AvgIpc) is 2.53. The van der Waals surface area contributed by atoms with Gasteiger partial charge in [-0.25, -0.2) is 0 Å². The molecule has 0 aromatic heterocycles. The number of carbonyl (C=O) groups excluding carboxylic acids is 2. The van der Waals surface area contributed by atoms with Gasteiger partial charge in [-0.05, 0) is 37.1 Å². The van der Waals surface area contributed by atoms with Gasteiger partial charge in [-0.15, -0.1) is 0 Å². The molecule has 3 rings (SSSR count). The number of anilines is 1. The lowest BCUT2D eigenvalue weighted by atomic mass is 10.0. The summed E-state index contributed by atoms with van der Waals surface area (Å²) in [5.41, 5.74) is 2.54. The first-order valence-electron chi connectivity index (χ1n) is 7.80. The van der Waals surface area contributed by atoms with E-state index in [1.165, 1.54) is 24.0 Å². The lowest BCUT2D eigenvalue weighted by Gasteiger charge is -2.34. The summed E-state index contributed by atoms with van der Waals surface area (Å²) in [6.45, 7) is 3.38. The van der Waals surface area contributed by atoms with Crippen LogP contribution in [-0.4, -0.2) is 29.4 Å². The number of phenols is 1. The van der Waals surface area contributed by atoms with Crippen LogP contribution in [0.2, 0.25) is 0 Å². The van der Waals surface area contributed by atoms with Gasteiger partial charge in [-0.2, -0.15) is 0 Å². The monoisotopic (exact) mass is 325 g/mol. The highest BCUT2D eigenvalue weighted by atomic mass is 16.5. The molecule has 1 aliphatic rings. The Balaban J connectivity index is 1.95. The smallest absolute Gasteiger partial charge is 0.268 e. The minimum Gasteiger partial charge on any atom is -0.508 e. The molecule has 0 bridgehead atoms. The van der Waals surface area contributed by atoms with Gasteiger partial charge in [0.25, 0.3) is 5.91 Å². The van der Waals surface area contributed by atoms with Crippen molar-refractivity contribution < 1.29 is 19.4 Å². The van der Waals surface area contributed by atoms with E-state index in [1.54, 1.807) is 6.07 Å². The Morgan fingerprint density at radius 3 is 2.71 bits per heavy atom. The van der Waals surface area contributed by atoms with E-state index in [2.05, 4.69) is 0 Å². The minimum atomic E-state index is -0.692. The van der Waals surface area contributed by atoms with Gasteiger partial charge in [0.05, 0.1) is 12.2 Å². The lowest BCUT2D eigenvalue weighted by Crippen LogP contribution is -2.48. The summed E-state index contributed by atoms with van der Waals surface area (Å²) in [6, 6.07) is 12.4. The number of fused-ring (bicyclic) bond motifs is 1. The zero-order valence-corrected chi connectivity index (χ0v) is 13.7. The SMILES string of the molecule is CC(=O)CN1C(=O)C(Cc2ccccc2C)Oc2ccc(O)cc21. The molecule has 124 valence electrons. The van der Waals surface area contributed by atoms with Crippen LogP contribution in [0.4, 0.5) is 5.69 Å². The molecule has 1 aliphatic heterocycles. The van der Waals surface area contributed by atoms with Crippen LogP contribution in [0, 0.1) is 6.92 Å².